The molecule has 6 nitrogen and oxygen atoms in total. The molecule has 0 aromatic carbocycles. The van der Waals surface area contributed by atoms with E-state index in [4.69, 9.17) is 9.26 Å². The van der Waals surface area contributed by atoms with Crippen LogP contribution in [-0.4, -0.2) is 41.1 Å². The molecule has 0 spiro atoms. The summed E-state index contributed by atoms with van der Waals surface area (Å²) in [5.74, 6) is 1.86. The van der Waals surface area contributed by atoms with E-state index < -0.39 is 0 Å². The zero-order valence-electron chi connectivity index (χ0n) is 9.63. The molecule has 2 aliphatic rings. The van der Waals surface area contributed by atoms with Gasteiger partial charge in [-0.2, -0.15) is 4.98 Å². The van der Waals surface area contributed by atoms with Gasteiger partial charge in [-0.15, -0.1) is 0 Å². The number of aliphatic hydroxyl groups excluding tert-OH is 1. The normalized spacial score (nSPS) is 33.4. The predicted molar refractivity (Wildman–Crippen MR) is 58.3 cm³/mol. The minimum atomic E-state index is -0.307. The first-order valence-corrected chi connectivity index (χ1v) is 6.13. The number of β-amino-alcohol motifs (C(OH)–C–C–N with tert-alkyl or cyclic N) is 1. The summed E-state index contributed by atoms with van der Waals surface area (Å²) in [6.45, 7) is 2.23. The van der Waals surface area contributed by atoms with Gasteiger partial charge in [-0.3, -0.25) is 0 Å². The van der Waals surface area contributed by atoms with Crippen molar-refractivity contribution in [1.29, 1.82) is 0 Å². The van der Waals surface area contributed by atoms with Crippen LogP contribution in [0.5, 0.6) is 0 Å². The van der Waals surface area contributed by atoms with Crippen molar-refractivity contribution < 1.29 is 14.4 Å². The van der Waals surface area contributed by atoms with Gasteiger partial charge in [-0.05, 0) is 18.8 Å². The molecule has 0 amide bonds. The third-order valence-corrected chi connectivity index (χ3v) is 3.38. The van der Waals surface area contributed by atoms with Crippen molar-refractivity contribution >= 4 is 0 Å². The molecule has 2 aliphatic heterocycles. The minimum absolute atomic E-state index is 0.00563. The van der Waals surface area contributed by atoms with Crippen LogP contribution in [0, 0.1) is 5.92 Å². The zero-order chi connectivity index (χ0) is 11.7. The molecule has 3 atom stereocenters. The van der Waals surface area contributed by atoms with Crippen molar-refractivity contribution in [2.45, 2.75) is 31.4 Å². The van der Waals surface area contributed by atoms with Gasteiger partial charge in [-0.25, -0.2) is 0 Å². The van der Waals surface area contributed by atoms with Crippen LogP contribution in [0.2, 0.25) is 0 Å². The van der Waals surface area contributed by atoms with Crippen LogP contribution in [0.4, 0.5) is 0 Å². The van der Waals surface area contributed by atoms with Crippen molar-refractivity contribution in [2.24, 2.45) is 5.92 Å². The maximum Gasteiger partial charge on any atom is 0.243 e. The largest absolute Gasteiger partial charge is 0.392 e. The first kappa shape index (κ1) is 11.1. The molecular weight excluding hydrogens is 222 g/mol. The summed E-state index contributed by atoms with van der Waals surface area (Å²) in [6.07, 6.45) is 2.23. The highest BCUT2D eigenvalue weighted by Crippen LogP contribution is 2.23. The van der Waals surface area contributed by atoms with Gasteiger partial charge in [0.1, 0.15) is 0 Å². The topological polar surface area (TPSA) is 80.4 Å². The van der Waals surface area contributed by atoms with Crippen molar-refractivity contribution in [3.05, 3.63) is 11.7 Å². The lowest BCUT2D eigenvalue weighted by molar-refractivity contribution is 0.185. The molecule has 0 bridgehead atoms. The Bertz CT molecular complexity index is 376. The van der Waals surface area contributed by atoms with E-state index in [-0.39, 0.29) is 12.1 Å². The molecule has 0 aliphatic carbocycles. The second-order valence-electron chi connectivity index (χ2n) is 4.83. The van der Waals surface area contributed by atoms with Gasteiger partial charge in [-0.1, -0.05) is 5.16 Å². The second kappa shape index (κ2) is 4.72. The number of aliphatic hydroxyl groups is 1. The van der Waals surface area contributed by atoms with E-state index in [2.05, 4.69) is 15.5 Å². The first-order valence-electron chi connectivity index (χ1n) is 6.13. The molecule has 17 heavy (non-hydrogen) atoms. The number of nitrogens with one attached hydrogen (secondary N) is 1. The average Bonchev–Trinajstić information content (AvgIpc) is 2.99. The van der Waals surface area contributed by atoms with Crippen LogP contribution in [0.15, 0.2) is 4.52 Å². The van der Waals surface area contributed by atoms with Gasteiger partial charge >= 0.3 is 0 Å². The van der Waals surface area contributed by atoms with Crippen LogP contribution in [0.3, 0.4) is 0 Å². The molecule has 1 aromatic rings. The fourth-order valence-corrected chi connectivity index (χ4v) is 2.40. The van der Waals surface area contributed by atoms with Crippen LogP contribution in [0.25, 0.3) is 0 Å². The van der Waals surface area contributed by atoms with Gasteiger partial charge in [0, 0.05) is 26.2 Å². The summed E-state index contributed by atoms with van der Waals surface area (Å²) in [7, 11) is 0. The van der Waals surface area contributed by atoms with Gasteiger partial charge in [0.25, 0.3) is 0 Å². The fourth-order valence-electron chi connectivity index (χ4n) is 2.40. The highest BCUT2D eigenvalue weighted by molar-refractivity contribution is 4.98. The Balaban J connectivity index is 1.61. The number of aromatic nitrogens is 2. The molecule has 2 fully saturated rings. The van der Waals surface area contributed by atoms with E-state index in [0.29, 0.717) is 24.8 Å². The summed E-state index contributed by atoms with van der Waals surface area (Å²) in [5, 5.41) is 16.6. The van der Waals surface area contributed by atoms with Gasteiger partial charge in [0.15, 0.2) is 5.82 Å². The van der Waals surface area contributed by atoms with E-state index in [1.165, 1.54) is 0 Å². The van der Waals surface area contributed by atoms with Crippen molar-refractivity contribution in [3.8, 4) is 0 Å². The Morgan fingerprint density at radius 1 is 1.47 bits per heavy atom. The Morgan fingerprint density at radius 3 is 3.12 bits per heavy atom. The Labute approximate surface area is 99.3 Å². The van der Waals surface area contributed by atoms with Crippen molar-refractivity contribution in [3.63, 3.8) is 0 Å². The Hall–Kier alpha value is -0.980. The smallest absolute Gasteiger partial charge is 0.243 e. The van der Waals surface area contributed by atoms with Gasteiger partial charge in [0.05, 0.1) is 12.1 Å². The molecule has 1 unspecified atom stereocenters. The van der Waals surface area contributed by atoms with E-state index in [0.717, 1.165) is 31.9 Å². The molecular formula is C11H17N3O3. The SMILES string of the molecule is O[C@H]1CN[C@@H](c2nc(CC3CCOC3)no2)C1. The van der Waals surface area contributed by atoms with E-state index in [9.17, 15) is 5.11 Å². The zero-order valence-corrected chi connectivity index (χ0v) is 9.63. The van der Waals surface area contributed by atoms with Crippen LogP contribution in [0.1, 0.15) is 30.6 Å². The van der Waals surface area contributed by atoms with Crippen LogP contribution >= 0.6 is 0 Å². The van der Waals surface area contributed by atoms with Crippen molar-refractivity contribution in [2.75, 3.05) is 19.8 Å². The predicted octanol–water partition coefficient (Wildman–Crippen LogP) is 0.0439. The molecule has 3 rings (SSSR count). The maximum atomic E-state index is 9.43. The highest BCUT2D eigenvalue weighted by atomic mass is 16.5. The number of nitrogens with zero attached hydrogens (tertiary/aromatic N) is 2. The highest BCUT2D eigenvalue weighted by Gasteiger charge is 2.28. The second-order valence-corrected chi connectivity index (χ2v) is 4.83. The van der Waals surface area contributed by atoms with E-state index in [1.54, 1.807) is 0 Å². The lowest BCUT2D eigenvalue weighted by Gasteiger charge is -2.02. The first-order chi connectivity index (χ1) is 8.31. The Morgan fingerprint density at radius 2 is 2.41 bits per heavy atom. The third-order valence-electron chi connectivity index (χ3n) is 3.38. The van der Waals surface area contributed by atoms with Crippen LogP contribution in [-0.2, 0) is 11.2 Å². The standard InChI is InChI=1S/C11H17N3O3/c15-8-4-9(12-5-8)11-13-10(14-17-11)3-7-1-2-16-6-7/h7-9,12,15H,1-6H2/t7?,8-,9-/m1/s1. The lowest BCUT2D eigenvalue weighted by Crippen LogP contribution is -2.15. The number of ether oxygens (including phenoxy) is 1. The van der Waals surface area contributed by atoms with E-state index >= 15 is 0 Å². The summed E-state index contributed by atoms with van der Waals surface area (Å²) in [5.41, 5.74) is 0. The monoisotopic (exact) mass is 239 g/mol. The Kier molecular flexibility index (Phi) is 3.09. The number of hydrogen-bond donors (Lipinski definition) is 2. The summed E-state index contributed by atoms with van der Waals surface area (Å²) in [6, 6.07) is 0.00563. The molecule has 0 saturated carbocycles. The molecule has 6 heteroatoms. The average molecular weight is 239 g/mol. The van der Waals surface area contributed by atoms with E-state index in [1.807, 2.05) is 0 Å². The third kappa shape index (κ3) is 2.48. The maximum absolute atomic E-state index is 9.43. The lowest BCUT2D eigenvalue weighted by atomic mass is 10.1. The van der Waals surface area contributed by atoms with Crippen molar-refractivity contribution in [1.82, 2.24) is 15.5 Å². The molecule has 2 N–H and O–H groups in total. The number of hydrogen-bond acceptors (Lipinski definition) is 6. The van der Waals surface area contributed by atoms with Gasteiger partial charge < -0.3 is 19.7 Å². The molecule has 1 aromatic heterocycles. The molecule has 94 valence electrons. The fraction of sp³-hybridized carbons (Fsp3) is 0.818. The summed E-state index contributed by atoms with van der Waals surface area (Å²) in [4.78, 5) is 4.38. The molecule has 3 heterocycles. The summed E-state index contributed by atoms with van der Waals surface area (Å²) < 4.78 is 10.6. The van der Waals surface area contributed by atoms with Gasteiger partial charge in [0.2, 0.25) is 5.89 Å². The quantitative estimate of drug-likeness (QED) is 0.775. The summed E-state index contributed by atoms with van der Waals surface area (Å²) >= 11 is 0. The molecule has 2 saturated heterocycles. The van der Waals surface area contributed by atoms with Crippen LogP contribution < -0.4 is 5.32 Å². The minimum Gasteiger partial charge on any atom is -0.392 e. The number of rotatable bonds is 3. The molecule has 0 radical (unpaired) electrons.